The fourth-order valence-corrected chi connectivity index (χ4v) is 6.48. The van der Waals surface area contributed by atoms with E-state index in [0.29, 0.717) is 34.9 Å². The Hall–Kier alpha value is -7.74. The van der Waals surface area contributed by atoms with Crippen molar-refractivity contribution in [1.82, 2.24) is 58.6 Å². The summed E-state index contributed by atoms with van der Waals surface area (Å²) in [5, 5.41) is 10.5. The number of rotatable bonds is 8. The van der Waals surface area contributed by atoms with Gasteiger partial charge in [0.05, 0.1) is 33.4 Å². The third-order valence-corrected chi connectivity index (χ3v) is 8.61. The second-order valence-electron chi connectivity index (χ2n) is 11.7. The highest BCUT2D eigenvalue weighted by atomic mass is 16.5. The van der Waals surface area contributed by atoms with Crippen LogP contribution in [0.15, 0.2) is 147 Å². The van der Waals surface area contributed by atoms with E-state index < -0.39 is 0 Å². The average molecular weight is 681 g/mol. The topological polar surface area (TPSA) is 141 Å². The molecule has 6 heterocycles. The van der Waals surface area contributed by atoms with Crippen LogP contribution in [0.5, 0.6) is 23.0 Å². The Morgan fingerprint density at radius 2 is 0.885 bits per heavy atom. The zero-order chi connectivity index (χ0) is 34.4. The summed E-state index contributed by atoms with van der Waals surface area (Å²) in [4.78, 5) is 26.5. The first-order valence-corrected chi connectivity index (χ1v) is 16.2. The third kappa shape index (κ3) is 4.97. The Labute approximate surface area is 293 Å². The predicted octanol–water partition coefficient (Wildman–Crippen LogP) is 7.05. The number of ether oxygens (including phenoxy) is 2. The highest BCUT2D eigenvalue weighted by molar-refractivity contribution is 6.19. The van der Waals surface area contributed by atoms with Gasteiger partial charge in [0.2, 0.25) is 11.9 Å². The van der Waals surface area contributed by atoms with Gasteiger partial charge in [-0.3, -0.25) is 9.13 Å². The molecule has 0 saturated heterocycles. The molecule has 0 fully saturated rings. The van der Waals surface area contributed by atoms with Crippen LogP contribution in [0.1, 0.15) is 0 Å². The van der Waals surface area contributed by atoms with Crippen molar-refractivity contribution < 1.29 is 9.47 Å². The Kier molecular flexibility index (Phi) is 6.73. The van der Waals surface area contributed by atoms with E-state index in [-0.39, 0.29) is 0 Å². The summed E-state index contributed by atoms with van der Waals surface area (Å²) < 4.78 is 20.4. The summed E-state index contributed by atoms with van der Waals surface area (Å²) in [5.41, 5.74) is 5.10. The van der Waals surface area contributed by atoms with Crippen molar-refractivity contribution in [1.29, 1.82) is 0 Å². The molecule has 248 valence electrons. The fraction of sp³-hybridized carbons (Fsp3) is 0. The van der Waals surface area contributed by atoms with E-state index >= 15 is 0 Å². The summed E-state index contributed by atoms with van der Waals surface area (Å²) >= 11 is 0. The van der Waals surface area contributed by atoms with Gasteiger partial charge in [0, 0.05) is 59.8 Å². The average Bonchev–Trinajstić information content (AvgIpc) is 4.02. The van der Waals surface area contributed by atoms with Gasteiger partial charge < -0.3 is 9.47 Å². The molecular formula is C38H24N12O2. The first-order chi connectivity index (χ1) is 25.8. The van der Waals surface area contributed by atoms with Gasteiger partial charge in [-0.1, -0.05) is 12.1 Å². The molecule has 0 saturated carbocycles. The molecule has 0 aliphatic rings. The first kappa shape index (κ1) is 29.2. The van der Waals surface area contributed by atoms with E-state index in [9.17, 15) is 0 Å². The van der Waals surface area contributed by atoms with E-state index in [1.807, 2.05) is 119 Å². The molecule has 4 aromatic carbocycles. The molecule has 0 amide bonds. The SMILES string of the molecule is c1cc(Oc2ccc3c(c2)n(-c2ncncn2)c2c4ccc(Oc5cccc(-n6cccn6)c5)cc4n(-c4ncncn4)c32)cc(-n2cccn2)c1. The molecule has 14 nitrogen and oxygen atoms in total. The highest BCUT2D eigenvalue weighted by Crippen LogP contribution is 2.42. The summed E-state index contributed by atoms with van der Waals surface area (Å²) in [6.45, 7) is 0. The van der Waals surface area contributed by atoms with Gasteiger partial charge in [-0.15, -0.1) is 0 Å². The zero-order valence-electron chi connectivity index (χ0n) is 27.0. The van der Waals surface area contributed by atoms with E-state index in [1.165, 1.54) is 25.3 Å². The van der Waals surface area contributed by atoms with Crippen molar-refractivity contribution >= 4 is 32.8 Å². The van der Waals surface area contributed by atoms with Gasteiger partial charge in [0.15, 0.2) is 0 Å². The first-order valence-electron chi connectivity index (χ1n) is 16.2. The molecule has 0 N–H and O–H groups in total. The van der Waals surface area contributed by atoms with Crippen LogP contribution in [-0.2, 0) is 0 Å². The molecule has 6 aromatic heterocycles. The van der Waals surface area contributed by atoms with Crippen molar-refractivity contribution in [3.8, 4) is 46.3 Å². The highest BCUT2D eigenvalue weighted by Gasteiger charge is 2.25. The molecule has 0 aliphatic carbocycles. The van der Waals surface area contributed by atoms with Gasteiger partial charge >= 0.3 is 0 Å². The second kappa shape index (κ2) is 12.0. The number of nitrogens with zero attached hydrogens (tertiary/aromatic N) is 12. The smallest absolute Gasteiger partial charge is 0.237 e. The maximum absolute atomic E-state index is 6.43. The van der Waals surface area contributed by atoms with E-state index in [4.69, 9.17) is 9.47 Å². The van der Waals surface area contributed by atoms with Gasteiger partial charge in [-0.05, 0) is 60.7 Å². The normalized spacial score (nSPS) is 11.5. The molecular weight excluding hydrogens is 656 g/mol. The molecule has 0 atom stereocenters. The number of hydrogen-bond donors (Lipinski definition) is 0. The molecule has 0 aliphatic heterocycles. The number of fused-ring (bicyclic) bond motifs is 5. The monoisotopic (exact) mass is 680 g/mol. The molecule has 0 spiro atoms. The standard InChI is InChI=1S/C38H24N12O2/c1-5-25(47-15-3-13-45-47)17-27(7-1)51-29-9-11-31-33(19-29)49(37-41-21-39-22-42-37)36-32-12-10-30(20-34(32)50(35(31)36)38-43-23-40-24-44-38)52-28-8-2-6-26(18-28)48-16-4-14-46-48/h1-24H. The largest absolute Gasteiger partial charge is 0.457 e. The maximum Gasteiger partial charge on any atom is 0.237 e. The Morgan fingerprint density at radius 3 is 1.31 bits per heavy atom. The molecule has 10 rings (SSSR count). The van der Waals surface area contributed by atoms with Crippen LogP contribution < -0.4 is 9.47 Å². The Morgan fingerprint density at radius 1 is 0.442 bits per heavy atom. The van der Waals surface area contributed by atoms with Crippen molar-refractivity contribution in [2.45, 2.75) is 0 Å². The number of hydrogen-bond acceptors (Lipinski definition) is 10. The van der Waals surface area contributed by atoms with Gasteiger partial charge in [-0.25, -0.2) is 39.3 Å². The summed E-state index contributed by atoms with van der Waals surface area (Å²) in [5.74, 6) is 3.47. The van der Waals surface area contributed by atoms with E-state index in [0.717, 1.165) is 44.2 Å². The summed E-state index contributed by atoms with van der Waals surface area (Å²) in [6, 6.07) is 31.2. The molecule has 52 heavy (non-hydrogen) atoms. The third-order valence-electron chi connectivity index (χ3n) is 8.61. The Balaban J connectivity index is 1.16. The zero-order valence-corrected chi connectivity index (χ0v) is 27.0. The van der Waals surface area contributed by atoms with Crippen LogP contribution in [0.3, 0.4) is 0 Å². The predicted molar refractivity (Wildman–Crippen MR) is 192 cm³/mol. The molecule has 14 heteroatoms. The van der Waals surface area contributed by atoms with Gasteiger partial charge in [0.1, 0.15) is 48.3 Å². The van der Waals surface area contributed by atoms with Crippen LogP contribution in [0.4, 0.5) is 0 Å². The molecule has 0 bridgehead atoms. The lowest BCUT2D eigenvalue weighted by Gasteiger charge is -2.11. The van der Waals surface area contributed by atoms with E-state index in [1.54, 1.807) is 21.8 Å². The number of benzene rings is 4. The summed E-state index contributed by atoms with van der Waals surface area (Å²) in [7, 11) is 0. The summed E-state index contributed by atoms with van der Waals surface area (Å²) in [6.07, 6.45) is 13.2. The molecule has 0 radical (unpaired) electrons. The van der Waals surface area contributed by atoms with Crippen molar-refractivity contribution in [3.05, 3.63) is 147 Å². The van der Waals surface area contributed by atoms with Crippen molar-refractivity contribution in [2.24, 2.45) is 0 Å². The minimum Gasteiger partial charge on any atom is -0.457 e. The lowest BCUT2D eigenvalue weighted by molar-refractivity contribution is 0.482. The molecule has 10 aromatic rings. The van der Waals surface area contributed by atoms with E-state index in [2.05, 4.69) is 40.1 Å². The quantitative estimate of drug-likeness (QED) is 0.164. The van der Waals surface area contributed by atoms with Crippen LogP contribution in [0.2, 0.25) is 0 Å². The van der Waals surface area contributed by atoms with Gasteiger partial charge in [0.25, 0.3) is 0 Å². The van der Waals surface area contributed by atoms with Crippen molar-refractivity contribution in [2.75, 3.05) is 0 Å². The maximum atomic E-state index is 6.43. The fourth-order valence-electron chi connectivity index (χ4n) is 6.48. The Bertz CT molecular complexity index is 2650. The van der Waals surface area contributed by atoms with Gasteiger partial charge in [-0.2, -0.15) is 10.2 Å². The second-order valence-corrected chi connectivity index (χ2v) is 11.7. The number of aromatic nitrogens is 12. The minimum absolute atomic E-state index is 0.443. The molecule has 0 unspecified atom stereocenters. The van der Waals surface area contributed by atoms with Crippen LogP contribution in [0, 0.1) is 0 Å². The van der Waals surface area contributed by atoms with Crippen LogP contribution in [-0.4, -0.2) is 58.6 Å². The van der Waals surface area contributed by atoms with Crippen LogP contribution in [0.25, 0.3) is 56.1 Å². The lowest BCUT2D eigenvalue weighted by Crippen LogP contribution is -2.01. The van der Waals surface area contributed by atoms with Crippen molar-refractivity contribution in [3.63, 3.8) is 0 Å². The van der Waals surface area contributed by atoms with Crippen LogP contribution >= 0.6 is 0 Å². The lowest BCUT2D eigenvalue weighted by atomic mass is 10.2. The minimum atomic E-state index is 0.443.